The molecule has 5 nitrogen and oxygen atoms in total. The third-order valence-electron chi connectivity index (χ3n) is 4.66. The van der Waals surface area contributed by atoms with E-state index in [1.165, 1.54) is 12.4 Å². The molecule has 2 N–H and O–H groups in total. The Labute approximate surface area is 123 Å². The molecular weight excluding hydrogens is 276 g/mol. The lowest BCUT2D eigenvalue weighted by molar-refractivity contribution is 0.0642. The monoisotopic (exact) mass is 299 g/mol. The smallest absolute Gasteiger partial charge is 0.319 e. The maximum Gasteiger partial charge on any atom is 0.319 e. The molecule has 2 aliphatic rings. The van der Waals surface area contributed by atoms with Crippen LogP contribution in [0.4, 0.5) is 8.78 Å². The van der Waals surface area contributed by atoms with Crippen LogP contribution in [0, 0.1) is 0 Å². The molecule has 2 fully saturated rings. The number of hydrogen-bond acceptors (Lipinski definition) is 4. The minimum Gasteiger partial charge on any atom is -0.328 e. The second kappa shape index (κ2) is 6.37. The van der Waals surface area contributed by atoms with Gasteiger partial charge in [0.25, 0.3) is 0 Å². The van der Waals surface area contributed by atoms with E-state index in [9.17, 15) is 8.78 Å². The standard InChI is InChI=1S/C14H23F2N5/c15-14(16)21-8-4-18-13(21)10-19-5-3-12(9-19)20-6-1-11(17)2-7-20/h4,8,11-12,14H,1-3,5-7,9-10,17H2. The van der Waals surface area contributed by atoms with Crippen molar-refractivity contribution in [2.24, 2.45) is 5.73 Å². The summed E-state index contributed by atoms with van der Waals surface area (Å²) in [6, 6.07) is 0.879. The van der Waals surface area contributed by atoms with E-state index in [2.05, 4.69) is 14.8 Å². The number of alkyl halides is 2. The summed E-state index contributed by atoms with van der Waals surface area (Å²) in [7, 11) is 0. The van der Waals surface area contributed by atoms with E-state index in [0.29, 0.717) is 24.5 Å². The third-order valence-corrected chi connectivity index (χ3v) is 4.66. The molecule has 0 aromatic carbocycles. The number of hydrogen-bond donors (Lipinski definition) is 1. The number of aromatic nitrogens is 2. The van der Waals surface area contributed by atoms with Crippen molar-refractivity contribution in [3.8, 4) is 0 Å². The molecule has 2 aliphatic heterocycles. The predicted octanol–water partition coefficient (Wildman–Crippen LogP) is 1.28. The Morgan fingerprint density at radius 3 is 2.71 bits per heavy atom. The Balaban J connectivity index is 1.54. The van der Waals surface area contributed by atoms with E-state index < -0.39 is 6.55 Å². The summed E-state index contributed by atoms with van der Waals surface area (Å²) in [5.41, 5.74) is 5.94. The first-order chi connectivity index (χ1) is 10.1. The Hall–Kier alpha value is -1.05. The number of rotatable bonds is 4. The first kappa shape index (κ1) is 14.9. The molecule has 1 aromatic heterocycles. The van der Waals surface area contributed by atoms with Crippen LogP contribution in [0.5, 0.6) is 0 Å². The average Bonchev–Trinajstić information content (AvgIpc) is 3.09. The van der Waals surface area contributed by atoms with E-state index in [4.69, 9.17) is 5.73 Å². The fourth-order valence-corrected chi connectivity index (χ4v) is 3.38. The van der Waals surface area contributed by atoms with Gasteiger partial charge in [0.15, 0.2) is 0 Å². The van der Waals surface area contributed by atoms with Gasteiger partial charge in [-0.05, 0) is 32.4 Å². The van der Waals surface area contributed by atoms with Crippen LogP contribution in [0.15, 0.2) is 12.4 Å². The molecule has 2 saturated heterocycles. The zero-order valence-corrected chi connectivity index (χ0v) is 12.2. The van der Waals surface area contributed by atoms with E-state index in [0.717, 1.165) is 50.0 Å². The molecule has 0 saturated carbocycles. The third kappa shape index (κ3) is 3.41. The van der Waals surface area contributed by atoms with Crippen LogP contribution in [-0.4, -0.2) is 57.6 Å². The van der Waals surface area contributed by atoms with Crippen LogP contribution in [0.25, 0.3) is 0 Å². The van der Waals surface area contributed by atoms with Crippen molar-refractivity contribution in [1.82, 2.24) is 19.4 Å². The molecule has 0 aliphatic carbocycles. The number of likely N-dealkylation sites (tertiary alicyclic amines) is 2. The highest BCUT2D eigenvalue weighted by Gasteiger charge is 2.30. The van der Waals surface area contributed by atoms with Crippen molar-refractivity contribution < 1.29 is 8.78 Å². The van der Waals surface area contributed by atoms with Gasteiger partial charge >= 0.3 is 6.55 Å². The van der Waals surface area contributed by atoms with Crippen LogP contribution in [-0.2, 0) is 6.54 Å². The van der Waals surface area contributed by atoms with Gasteiger partial charge in [-0.15, -0.1) is 0 Å². The van der Waals surface area contributed by atoms with Crippen molar-refractivity contribution in [1.29, 1.82) is 0 Å². The second-order valence-electron chi connectivity index (χ2n) is 6.08. The van der Waals surface area contributed by atoms with E-state index in [1.807, 2.05) is 0 Å². The first-order valence-corrected chi connectivity index (χ1v) is 7.65. The SMILES string of the molecule is NC1CCN(C2CCN(Cc3nccn3C(F)F)C2)CC1. The predicted molar refractivity (Wildman–Crippen MR) is 75.9 cm³/mol. The minimum atomic E-state index is -2.51. The molecule has 7 heteroatoms. The molecule has 3 heterocycles. The lowest BCUT2D eigenvalue weighted by Crippen LogP contribution is -2.46. The Morgan fingerprint density at radius 1 is 1.24 bits per heavy atom. The van der Waals surface area contributed by atoms with E-state index in [-0.39, 0.29) is 0 Å². The number of nitrogens with two attached hydrogens (primary N) is 1. The second-order valence-corrected chi connectivity index (χ2v) is 6.08. The van der Waals surface area contributed by atoms with Crippen molar-refractivity contribution in [3.05, 3.63) is 18.2 Å². The van der Waals surface area contributed by atoms with Gasteiger partial charge < -0.3 is 5.73 Å². The molecule has 3 rings (SSSR count). The molecular formula is C14H23F2N5. The fraction of sp³-hybridized carbons (Fsp3) is 0.786. The maximum atomic E-state index is 12.8. The summed E-state index contributed by atoms with van der Waals surface area (Å²) in [5, 5.41) is 0. The number of imidazole rings is 1. The highest BCUT2D eigenvalue weighted by molar-refractivity contribution is 4.95. The number of nitrogens with zero attached hydrogens (tertiary/aromatic N) is 4. The molecule has 1 unspecified atom stereocenters. The molecule has 0 radical (unpaired) electrons. The summed E-state index contributed by atoms with van der Waals surface area (Å²) < 4.78 is 26.6. The van der Waals surface area contributed by atoms with Gasteiger partial charge in [-0.3, -0.25) is 14.4 Å². The zero-order valence-electron chi connectivity index (χ0n) is 12.2. The van der Waals surface area contributed by atoms with Crippen molar-refractivity contribution in [2.75, 3.05) is 26.2 Å². The van der Waals surface area contributed by atoms with Crippen molar-refractivity contribution in [2.45, 2.75) is 44.4 Å². The molecule has 0 bridgehead atoms. The van der Waals surface area contributed by atoms with Gasteiger partial charge in [-0.1, -0.05) is 0 Å². The Morgan fingerprint density at radius 2 is 2.00 bits per heavy atom. The average molecular weight is 299 g/mol. The van der Waals surface area contributed by atoms with Gasteiger partial charge in [0.1, 0.15) is 5.82 Å². The summed E-state index contributed by atoms with van der Waals surface area (Å²) in [6.45, 7) is 2.00. The van der Waals surface area contributed by atoms with Gasteiger partial charge in [0.2, 0.25) is 0 Å². The van der Waals surface area contributed by atoms with Crippen LogP contribution < -0.4 is 5.73 Å². The molecule has 118 valence electrons. The lowest BCUT2D eigenvalue weighted by Gasteiger charge is -2.34. The normalized spacial score (nSPS) is 26.0. The number of piperidine rings is 1. The van der Waals surface area contributed by atoms with Crippen LogP contribution in [0.2, 0.25) is 0 Å². The van der Waals surface area contributed by atoms with Crippen LogP contribution >= 0.6 is 0 Å². The summed E-state index contributed by atoms with van der Waals surface area (Å²) in [6.07, 6.45) is 6.02. The molecule has 21 heavy (non-hydrogen) atoms. The fourth-order valence-electron chi connectivity index (χ4n) is 3.38. The highest BCUT2D eigenvalue weighted by Crippen LogP contribution is 2.22. The highest BCUT2D eigenvalue weighted by atomic mass is 19.3. The quantitative estimate of drug-likeness (QED) is 0.910. The molecule has 0 amide bonds. The van der Waals surface area contributed by atoms with Gasteiger partial charge in [-0.25, -0.2) is 4.98 Å². The molecule has 1 aromatic rings. The largest absolute Gasteiger partial charge is 0.328 e. The van der Waals surface area contributed by atoms with Gasteiger partial charge in [0.05, 0.1) is 6.54 Å². The van der Waals surface area contributed by atoms with Gasteiger partial charge in [-0.2, -0.15) is 8.78 Å². The van der Waals surface area contributed by atoms with Crippen molar-refractivity contribution in [3.63, 3.8) is 0 Å². The Bertz CT molecular complexity index is 456. The van der Waals surface area contributed by atoms with E-state index >= 15 is 0 Å². The van der Waals surface area contributed by atoms with Crippen LogP contribution in [0.3, 0.4) is 0 Å². The van der Waals surface area contributed by atoms with E-state index in [1.54, 1.807) is 0 Å². The summed E-state index contributed by atoms with van der Waals surface area (Å²) in [4.78, 5) is 8.79. The lowest BCUT2D eigenvalue weighted by atomic mass is 10.0. The van der Waals surface area contributed by atoms with Gasteiger partial charge in [0, 0.05) is 37.6 Å². The maximum absolute atomic E-state index is 12.8. The molecule has 0 spiro atoms. The van der Waals surface area contributed by atoms with Crippen molar-refractivity contribution >= 4 is 0 Å². The zero-order chi connectivity index (χ0) is 14.8. The minimum absolute atomic E-state index is 0.345. The number of halogens is 2. The topological polar surface area (TPSA) is 50.3 Å². The molecule has 1 atom stereocenters. The summed E-state index contributed by atoms with van der Waals surface area (Å²) >= 11 is 0. The van der Waals surface area contributed by atoms with Crippen LogP contribution in [0.1, 0.15) is 31.6 Å². The first-order valence-electron chi connectivity index (χ1n) is 7.65. The Kier molecular flexibility index (Phi) is 4.51. The summed E-state index contributed by atoms with van der Waals surface area (Å²) in [5.74, 6) is 0.450.